The summed E-state index contributed by atoms with van der Waals surface area (Å²) in [5.41, 5.74) is 13.0. The first kappa shape index (κ1) is 29.1. The van der Waals surface area contributed by atoms with Crippen LogP contribution in [0.5, 0.6) is 0 Å². The van der Waals surface area contributed by atoms with Crippen LogP contribution in [0.3, 0.4) is 0 Å². The first-order valence-electron chi connectivity index (χ1n) is 24.3. The van der Waals surface area contributed by atoms with Gasteiger partial charge in [0.05, 0.1) is 31.7 Å². The Morgan fingerprint density at radius 3 is 1.23 bits per heavy atom. The fourth-order valence-corrected chi connectivity index (χ4v) is 8.93. The molecular weight excluding hydrogens is 749 g/mol. The SMILES string of the molecule is [2H]c1c([2H])c([2H])c2c(c1[2H])c1c([2H])c(-c3ccc4c(c3)c3cc(-c5ccccc5)ccc3n4-c3ccc(-c4ccccc4)cc3)c([2H])c([2H])c1n2-c1ccc(-c2cccc(-c3ccccc3)c2)cc1. The van der Waals surface area contributed by atoms with Gasteiger partial charge in [-0.05, 0) is 128 Å². The van der Waals surface area contributed by atoms with Crippen LogP contribution < -0.4 is 0 Å². The minimum absolute atomic E-state index is 0.0845. The Bertz CT molecular complexity index is 3990. The van der Waals surface area contributed by atoms with Crippen molar-refractivity contribution in [2.45, 2.75) is 0 Å². The van der Waals surface area contributed by atoms with Gasteiger partial charge in [0.15, 0.2) is 0 Å². The van der Waals surface area contributed by atoms with Crippen molar-refractivity contribution in [2.75, 3.05) is 0 Å². The summed E-state index contributed by atoms with van der Waals surface area (Å²) in [6.07, 6.45) is 0. The zero-order valence-corrected chi connectivity index (χ0v) is 33.4. The van der Waals surface area contributed by atoms with Crippen LogP contribution in [0, 0.1) is 0 Å². The Morgan fingerprint density at radius 1 is 0.258 bits per heavy atom. The third-order valence-corrected chi connectivity index (χ3v) is 12.0. The van der Waals surface area contributed by atoms with E-state index in [9.17, 15) is 6.85 Å². The predicted octanol–water partition coefficient (Wildman–Crippen LogP) is 16.2. The largest absolute Gasteiger partial charge is 0.309 e. The highest BCUT2D eigenvalue weighted by Gasteiger charge is 2.17. The second-order valence-electron chi connectivity index (χ2n) is 15.6. The molecule has 2 heterocycles. The molecule has 2 heteroatoms. The van der Waals surface area contributed by atoms with Crippen molar-refractivity contribution in [3.63, 3.8) is 0 Å². The van der Waals surface area contributed by atoms with E-state index in [-0.39, 0.29) is 57.6 Å². The highest BCUT2D eigenvalue weighted by Crippen LogP contribution is 2.40. The van der Waals surface area contributed by atoms with E-state index < -0.39 is 12.1 Å². The number of hydrogen-bond donors (Lipinski definition) is 0. The van der Waals surface area contributed by atoms with Gasteiger partial charge in [0.25, 0.3) is 0 Å². The number of benzene rings is 10. The van der Waals surface area contributed by atoms with Crippen LogP contribution in [0.15, 0.2) is 242 Å². The summed E-state index contributed by atoms with van der Waals surface area (Å²) >= 11 is 0. The molecule has 0 aliphatic rings. The van der Waals surface area contributed by atoms with Crippen molar-refractivity contribution in [2.24, 2.45) is 0 Å². The number of para-hydroxylation sites is 1. The summed E-state index contributed by atoms with van der Waals surface area (Å²) in [6, 6.07) is 65.6. The smallest absolute Gasteiger partial charge is 0.0645 e. The molecule has 0 amide bonds. The van der Waals surface area contributed by atoms with Gasteiger partial charge in [-0.2, -0.15) is 0 Å². The number of fused-ring (bicyclic) bond motifs is 6. The summed E-state index contributed by atoms with van der Waals surface area (Å²) in [5.74, 6) is 0. The maximum atomic E-state index is 9.97. The van der Waals surface area contributed by atoms with Gasteiger partial charge >= 0.3 is 0 Å². The van der Waals surface area contributed by atoms with Gasteiger partial charge in [-0.1, -0.05) is 170 Å². The molecule has 0 spiro atoms. The van der Waals surface area contributed by atoms with E-state index in [0.29, 0.717) is 11.3 Å². The summed E-state index contributed by atoms with van der Waals surface area (Å²) in [6.45, 7) is 0. The number of nitrogens with zero attached hydrogens (tertiary/aromatic N) is 2. The number of aromatic nitrogens is 2. The summed E-state index contributed by atoms with van der Waals surface area (Å²) in [4.78, 5) is 0. The lowest BCUT2D eigenvalue weighted by Crippen LogP contribution is -1.94. The third-order valence-electron chi connectivity index (χ3n) is 12.0. The van der Waals surface area contributed by atoms with E-state index in [4.69, 9.17) is 2.74 Å². The van der Waals surface area contributed by atoms with Gasteiger partial charge in [-0.25, -0.2) is 0 Å². The standard InChI is InChI=1S/C60H40N2/c1-4-13-41(14-5-1)44-23-30-52(31-24-44)62-59-34-27-48(43-17-8-3-9-18-43)38-55(59)56-40-50(29-36-60(56)62)49-28-35-58-54(39-49)53-21-10-11-22-57(53)61(58)51-32-25-45(26-33-51)47-20-12-19-46(37-47)42-15-6-2-7-16-42/h1-40H/i10D,11D,21D,22D,28D,35D,39D. The van der Waals surface area contributed by atoms with Crippen molar-refractivity contribution in [3.8, 4) is 67.0 Å². The van der Waals surface area contributed by atoms with Crippen LogP contribution in [0.1, 0.15) is 9.60 Å². The fraction of sp³-hybridized carbons (Fsp3) is 0. The van der Waals surface area contributed by atoms with E-state index in [1.807, 2.05) is 109 Å². The van der Waals surface area contributed by atoms with Gasteiger partial charge in [-0.15, -0.1) is 0 Å². The van der Waals surface area contributed by atoms with Gasteiger partial charge in [0.1, 0.15) is 0 Å². The molecule has 290 valence electrons. The normalized spacial score (nSPS) is 13.1. The van der Waals surface area contributed by atoms with E-state index in [1.165, 1.54) is 0 Å². The molecular formula is C60H40N2. The lowest BCUT2D eigenvalue weighted by Gasteiger charge is -2.11. The molecule has 10 aromatic carbocycles. The Labute approximate surface area is 370 Å². The topological polar surface area (TPSA) is 9.86 Å². The van der Waals surface area contributed by atoms with Crippen molar-refractivity contribution in [1.82, 2.24) is 9.13 Å². The summed E-state index contributed by atoms with van der Waals surface area (Å²) < 4.78 is 69.3. The van der Waals surface area contributed by atoms with Crippen LogP contribution in [-0.2, 0) is 0 Å². The first-order valence-corrected chi connectivity index (χ1v) is 20.8. The van der Waals surface area contributed by atoms with Crippen LogP contribution in [0.2, 0.25) is 0 Å². The van der Waals surface area contributed by atoms with E-state index in [2.05, 4.69) is 95.6 Å². The van der Waals surface area contributed by atoms with E-state index in [0.717, 1.165) is 72.0 Å². The minimum Gasteiger partial charge on any atom is -0.309 e. The minimum atomic E-state index is -0.428. The van der Waals surface area contributed by atoms with Gasteiger partial charge in [0.2, 0.25) is 0 Å². The zero-order valence-electron chi connectivity index (χ0n) is 40.4. The second-order valence-corrected chi connectivity index (χ2v) is 15.6. The van der Waals surface area contributed by atoms with Crippen LogP contribution in [-0.4, -0.2) is 9.13 Å². The molecule has 0 bridgehead atoms. The summed E-state index contributed by atoms with van der Waals surface area (Å²) in [5, 5.41) is 2.21. The van der Waals surface area contributed by atoms with E-state index >= 15 is 0 Å². The van der Waals surface area contributed by atoms with Gasteiger partial charge < -0.3 is 9.13 Å². The number of hydrogen-bond acceptors (Lipinski definition) is 0. The Hall–Kier alpha value is -8.20. The molecule has 2 aromatic heterocycles. The van der Waals surface area contributed by atoms with Crippen molar-refractivity contribution >= 4 is 43.6 Å². The molecule has 0 aliphatic carbocycles. The molecule has 0 aliphatic heterocycles. The molecule has 0 saturated carbocycles. The molecule has 12 rings (SSSR count). The van der Waals surface area contributed by atoms with Crippen molar-refractivity contribution in [1.29, 1.82) is 0 Å². The third kappa shape index (κ3) is 6.12. The molecule has 0 unspecified atom stereocenters. The molecule has 0 N–H and O–H groups in total. The Kier molecular flexibility index (Phi) is 6.95. The molecule has 2 nitrogen and oxygen atoms in total. The van der Waals surface area contributed by atoms with Gasteiger partial charge in [-0.3, -0.25) is 0 Å². The molecule has 0 fully saturated rings. The maximum Gasteiger partial charge on any atom is 0.0645 e. The van der Waals surface area contributed by atoms with E-state index in [1.54, 1.807) is 4.57 Å². The second kappa shape index (κ2) is 14.8. The lowest BCUT2D eigenvalue weighted by molar-refractivity contribution is 1.18. The number of rotatable bonds is 7. The molecule has 0 atom stereocenters. The molecule has 0 saturated heterocycles. The molecule has 12 aromatic rings. The Balaban J connectivity index is 1.06. The zero-order chi connectivity index (χ0) is 47.1. The average molecular weight is 796 g/mol. The highest BCUT2D eigenvalue weighted by molar-refractivity contribution is 6.13. The molecule has 0 radical (unpaired) electrons. The summed E-state index contributed by atoms with van der Waals surface area (Å²) in [7, 11) is 0. The Morgan fingerprint density at radius 2 is 0.661 bits per heavy atom. The van der Waals surface area contributed by atoms with Crippen LogP contribution >= 0.6 is 0 Å². The van der Waals surface area contributed by atoms with Crippen molar-refractivity contribution in [3.05, 3.63) is 242 Å². The average Bonchev–Trinajstić information content (AvgIpc) is 3.94. The van der Waals surface area contributed by atoms with Gasteiger partial charge in [0, 0.05) is 32.9 Å². The molecule has 62 heavy (non-hydrogen) atoms. The predicted molar refractivity (Wildman–Crippen MR) is 262 cm³/mol. The van der Waals surface area contributed by atoms with Crippen LogP contribution in [0.4, 0.5) is 0 Å². The van der Waals surface area contributed by atoms with Crippen molar-refractivity contribution < 1.29 is 9.60 Å². The lowest BCUT2D eigenvalue weighted by atomic mass is 9.99. The first-order chi connectivity index (χ1) is 33.7. The van der Waals surface area contributed by atoms with Crippen LogP contribution in [0.25, 0.3) is 111 Å². The monoisotopic (exact) mass is 795 g/mol. The quantitative estimate of drug-likeness (QED) is 0.152. The highest BCUT2D eigenvalue weighted by atomic mass is 15.0. The maximum absolute atomic E-state index is 9.97. The fourth-order valence-electron chi connectivity index (χ4n) is 8.93.